The summed E-state index contributed by atoms with van der Waals surface area (Å²) in [7, 11) is 0. The van der Waals surface area contributed by atoms with Crippen LogP contribution in [0.25, 0.3) is 11.4 Å². The molecule has 21 heavy (non-hydrogen) atoms. The minimum absolute atomic E-state index is 0.269. The second kappa shape index (κ2) is 5.09. The summed E-state index contributed by atoms with van der Waals surface area (Å²) in [5, 5.41) is 15.8. The van der Waals surface area contributed by atoms with Gasteiger partial charge < -0.3 is 0 Å². The van der Waals surface area contributed by atoms with Crippen LogP contribution in [-0.4, -0.2) is 26.3 Å². The van der Waals surface area contributed by atoms with E-state index in [1.165, 1.54) is 12.1 Å². The third-order valence-electron chi connectivity index (χ3n) is 3.08. The monoisotopic (exact) mass is 316 g/mol. The summed E-state index contributed by atoms with van der Waals surface area (Å²) in [5.41, 5.74) is 1.80. The highest BCUT2D eigenvalue weighted by Crippen LogP contribution is 2.29. The molecule has 4 nitrogen and oxygen atoms in total. The van der Waals surface area contributed by atoms with Crippen molar-refractivity contribution in [1.82, 2.24) is 14.9 Å². The molecule has 0 atom stereocenters. The van der Waals surface area contributed by atoms with E-state index in [0.29, 0.717) is 5.82 Å². The standard InChI is InChI=1S/C14H9FN4S2/c15-10-5-3-9(4-6-10)13-16-17-14-19(13)18-11(8-21-14)12-2-1-7-20-12/h1-7H,8H2. The van der Waals surface area contributed by atoms with Crippen molar-refractivity contribution >= 4 is 28.8 Å². The van der Waals surface area contributed by atoms with Crippen LogP contribution in [0.5, 0.6) is 0 Å². The van der Waals surface area contributed by atoms with Crippen LogP contribution < -0.4 is 0 Å². The van der Waals surface area contributed by atoms with Crippen LogP contribution in [0.3, 0.4) is 0 Å². The van der Waals surface area contributed by atoms with Gasteiger partial charge in [-0.15, -0.1) is 21.5 Å². The molecule has 2 aromatic heterocycles. The molecule has 0 unspecified atom stereocenters. The normalized spacial score (nSPS) is 13.9. The third-order valence-corrected chi connectivity index (χ3v) is 4.93. The lowest BCUT2D eigenvalue weighted by atomic mass is 10.2. The number of fused-ring (bicyclic) bond motifs is 1. The molecule has 3 aromatic rings. The van der Waals surface area contributed by atoms with Crippen LogP contribution in [0.2, 0.25) is 0 Å². The fourth-order valence-electron chi connectivity index (χ4n) is 2.07. The van der Waals surface area contributed by atoms with E-state index in [0.717, 1.165) is 27.1 Å². The van der Waals surface area contributed by atoms with E-state index in [4.69, 9.17) is 0 Å². The van der Waals surface area contributed by atoms with Gasteiger partial charge in [-0.05, 0) is 35.7 Å². The zero-order valence-corrected chi connectivity index (χ0v) is 12.4. The number of aromatic nitrogens is 3. The molecule has 3 heterocycles. The lowest BCUT2D eigenvalue weighted by molar-refractivity contribution is 0.628. The van der Waals surface area contributed by atoms with Crippen LogP contribution in [-0.2, 0) is 0 Å². The average Bonchev–Trinajstić information content (AvgIpc) is 3.17. The van der Waals surface area contributed by atoms with E-state index >= 15 is 0 Å². The summed E-state index contributed by atoms with van der Waals surface area (Å²) >= 11 is 3.27. The van der Waals surface area contributed by atoms with Crippen molar-refractivity contribution < 1.29 is 4.39 Å². The molecule has 0 N–H and O–H groups in total. The van der Waals surface area contributed by atoms with Crippen molar-refractivity contribution in [1.29, 1.82) is 0 Å². The SMILES string of the molecule is Fc1ccc(-c2nnc3n2N=C(c2cccs2)CS3)cc1. The van der Waals surface area contributed by atoms with E-state index < -0.39 is 0 Å². The molecule has 0 fully saturated rings. The fraction of sp³-hybridized carbons (Fsp3) is 0.0714. The van der Waals surface area contributed by atoms with Gasteiger partial charge in [0.2, 0.25) is 5.16 Å². The van der Waals surface area contributed by atoms with Crippen molar-refractivity contribution in [2.75, 3.05) is 5.75 Å². The Balaban J connectivity index is 1.81. The quantitative estimate of drug-likeness (QED) is 0.727. The van der Waals surface area contributed by atoms with Gasteiger partial charge in [-0.3, -0.25) is 0 Å². The zero-order valence-electron chi connectivity index (χ0n) is 10.7. The van der Waals surface area contributed by atoms with E-state index in [1.807, 2.05) is 11.4 Å². The number of nitrogens with zero attached hydrogens (tertiary/aromatic N) is 4. The first-order valence-corrected chi connectivity index (χ1v) is 8.14. The summed E-state index contributed by atoms with van der Waals surface area (Å²) in [6.07, 6.45) is 0. The van der Waals surface area contributed by atoms with Crippen molar-refractivity contribution in [3.8, 4) is 11.4 Å². The maximum absolute atomic E-state index is 13.0. The Bertz CT molecular complexity index is 806. The van der Waals surface area contributed by atoms with Gasteiger partial charge in [-0.1, -0.05) is 17.8 Å². The highest BCUT2D eigenvalue weighted by Gasteiger charge is 2.21. The Morgan fingerprint density at radius 2 is 1.95 bits per heavy atom. The first kappa shape index (κ1) is 12.7. The van der Waals surface area contributed by atoms with E-state index in [9.17, 15) is 4.39 Å². The van der Waals surface area contributed by atoms with Gasteiger partial charge in [0, 0.05) is 11.3 Å². The zero-order chi connectivity index (χ0) is 14.2. The minimum atomic E-state index is -0.269. The predicted molar refractivity (Wildman–Crippen MR) is 82.4 cm³/mol. The Kier molecular flexibility index (Phi) is 3.08. The van der Waals surface area contributed by atoms with Crippen LogP contribution in [0, 0.1) is 5.82 Å². The summed E-state index contributed by atoms with van der Waals surface area (Å²) in [5.74, 6) is 1.14. The lowest BCUT2D eigenvalue weighted by Crippen LogP contribution is -2.12. The Morgan fingerprint density at radius 3 is 2.71 bits per heavy atom. The van der Waals surface area contributed by atoms with Gasteiger partial charge in [0.25, 0.3) is 0 Å². The van der Waals surface area contributed by atoms with Gasteiger partial charge in [0.1, 0.15) is 5.82 Å². The molecule has 0 saturated carbocycles. The molecule has 1 aromatic carbocycles. The number of thiophene rings is 1. The summed E-state index contributed by atoms with van der Waals surface area (Å²) < 4.78 is 14.8. The molecule has 1 aliphatic rings. The topological polar surface area (TPSA) is 43.1 Å². The Morgan fingerprint density at radius 1 is 1.10 bits per heavy atom. The van der Waals surface area contributed by atoms with Crippen molar-refractivity contribution in [3.05, 3.63) is 52.5 Å². The molecule has 1 aliphatic heterocycles. The molecule has 0 saturated heterocycles. The highest BCUT2D eigenvalue weighted by atomic mass is 32.2. The largest absolute Gasteiger partial charge is 0.212 e. The fourth-order valence-corrected chi connectivity index (χ4v) is 3.70. The summed E-state index contributed by atoms with van der Waals surface area (Å²) in [4.78, 5) is 1.15. The number of halogens is 1. The van der Waals surface area contributed by atoms with Crippen LogP contribution in [0.1, 0.15) is 4.88 Å². The highest BCUT2D eigenvalue weighted by molar-refractivity contribution is 7.99. The second-order valence-corrected chi connectivity index (χ2v) is 6.33. The Hall–Kier alpha value is -1.99. The van der Waals surface area contributed by atoms with Crippen LogP contribution in [0.15, 0.2) is 52.0 Å². The van der Waals surface area contributed by atoms with Gasteiger partial charge in [0.15, 0.2) is 5.82 Å². The average molecular weight is 316 g/mol. The maximum atomic E-state index is 13.0. The molecular formula is C14H9FN4S2. The molecule has 4 rings (SSSR count). The molecule has 7 heteroatoms. The number of hydrogen-bond donors (Lipinski definition) is 0. The molecule has 0 spiro atoms. The second-order valence-electron chi connectivity index (χ2n) is 4.44. The molecule has 0 aliphatic carbocycles. The molecule has 0 bridgehead atoms. The van der Waals surface area contributed by atoms with E-state index in [-0.39, 0.29) is 5.82 Å². The van der Waals surface area contributed by atoms with Crippen LogP contribution in [0.4, 0.5) is 4.39 Å². The van der Waals surface area contributed by atoms with Crippen molar-refractivity contribution in [3.63, 3.8) is 0 Å². The van der Waals surface area contributed by atoms with Gasteiger partial charge in [0.05, 0.1) is 10.6 Å². The number of benzene rings is 1. The van der Waals surface area contributed by atoms with Crippen LogP contribution >= 0.6 is 23.1 Å². The number of hydrogen-bond acceptors (Lipinski definition) is 5. The van der Waals surface area contributed by atoms with Gasteiger partial charge >= 0.3 is 0 Å². The lowest BCUT2D eigenvalue weighted by Gasteiger charge is -2.12. The van der Waals surface area contributed by atoms with Crippen molar-refractivity contribution in [2.45, 2.75) is 5.16 Å². The molecule has 104 valence electrons. The predicted octanol–water partition coefficient (Wildman–Crippen LogP) is 3.50. The first-order chi connectivity index (χ1) is 10.3. The molecule has 0 radical (unpaired) electrons. The number of rotatable bonds is 2. The molecule has 0 amide bonds. The van der Waals surface area contributed by atoms with E-state index in [2.05, 4.69) is 21.4 Å². The Labute approximate surface area is 128 Å². The smallest absolute Gasteiger partial charge is 0.207 e. The van der Waals surface area contributed by atoms with Gasteiger partial charge in [-0.2, -0.15) is 9.78 Å². The van der Waals surface area contributed by atoms with Crippen molar-refractivity contribution in [2.24, 2.45) is 5.10 Å². The minimum Gasteiger partial charge on any atom is -0.207 e. The molecular weight excluding hydrogens is 307 g/mol. The third kappa shape index (κ3) is 2.28. The first-order valence-electron chi connectivity index (χ1n) is 6.27. The van der Waals surface area contributed by atoms with E-state index in [1.54, 1.807) is 39.9 Å². The maximum Gasteiger partial charge on any atom is 0.212 e. The summed E-state index contributed by atoms with van der Waals surface area (Å²) in [6.45, 7) is 0. The summed E-state index contributed by atoms with van der Waals surface area (Å²) in [6, 6.07) is 10.3. The van der Waals surface area contributed by atoms with Gasteiger partial charge in [-0.25, -0.2) is 4.39 Å². The number of thioether (sulfide) groups is 1.